The Morgan fingerprint density at radius 2 is 1.58 bits per heavy atom. The van der Waals surface area contributed by atoms with Crippen LogP contribution in [0.1, 0.15) is 23.5 Å². The van der Waals surface area contributed by atoms with E-state index < -0.39 is 0 Å². The molecule has 0 aliphatic rings. The van der Waals surface area contributed by atoms with Gasteiger partial charge in [0.1, 0.15) is 5.75 Å². The minimum atomic E-state index is -0.310. The van der Waals surface area contributed by atoms with E-state index in [0.717, 1.165) is 27.6 Å². The number of rotatable bonds is 7. The normalized spacial score (nSPS) is 11.9. The van der Waals surface area contributed by atoms with Crippen LogP contribution in [-0.4, -0.2) is 27.0 Å². The van der Waals surface area contributed by atoms with Gasteiger partial charge in [-0.25, -0.2) is 0 Å². The van der Waals surface area contributed by atoms with Crippen LogP contribution in [0, 0.1) is 0 Å². The first-order valence-electron chi connectivity index (χ1n) is 8.49. The van der Waals surface area contributed by atoms with E-state index >= 15 is 0 Å². The van der Waals surface area contributed by atoms with Crippen molar-refractivity contribution in [3.8, 4) is 5.75 Å². The third-order valence-electron chi connectivity index (χ3n) is 4.42. The van der Waals surface area contributed by atoms with E-state index in [2.05, 4.69) is 24.3 Å². The third-order valence-corrected chi connectivity index (χ3v) is 4.42. The quantitative estimate of drug-likeness (QED) is 0.464. The zero-order chi connectivity index (χ0) is 18.4. The van der Waals surface area contributed by atoms with Crippen LogP contribution >= 0.6 is 0 Å². The molecular formula is C22H22O4. The first-order valence-corrected chi connectivity index (χ1v) is 8.49. The van der Waals surface area contributed by atoms with Gasteiger partial charge in [0, 0.05) is 18.6 Å². The summed E-state index contributed by atoms with van der Waals surface area (Å²) < 4.78 is 15.5. The van der Waals surface area contributed by atoms with Gasteiger partial charge in [0.2, 0.25) is 0 Å². The van der Waals surface area contributed by atoms with Crippen molar-refractivity contribution in [1.29, 1.82) is 0 Å². The zero-order valence-electron chi connectivity index (χ0n) is 15.0. The molecule has 0 aromatic heterocycles. The molecule has 134 valence electrons. The molecule has 3 aromatic rings. The minimum Gasteiger partial charge on any atom is -0.496 e. The van der Waals surface area contributed by atoms with Crippen LogP contribution in [0.2, 0.25) is 0 Å². The van der Waals surface area contributed by atoms with Crippen molar-refractivity contribution in [3.05, 3.63) is 77.9 Å². The molecule has 3 aromatic carbocycles. The highest BCUT2D eigenvalue weighted by atomic mass is 16.7. The summed E-state index contributed by atoms with van der Waals surface area (Å²) in [5.41, 5.74) is 2.03. The van der Waals surface area contributed by atoms with Crippen molar-refractivity contribution in [1.82, 2.24) is 0 Å². The highest BCUT2D eigenvalue weighted by Gasteiger charge is 2.23. The van der Waals surface area contributed by atoms with E-state index in [9.17, 15) is 4.79 Å². The number of hydrogen-bond donors (Lipinski definition) is 0. The van der Waals surface area contributed by atoms with E-state index in [4.69, 9.17) is 14.2 Å². The summed E-state index contributed by atoms with van der Waals surface area (Å²) in [5.74, 6) is 0.266. The van der Waals surface area contributed by atoms with Gasteiger partial charge in [-0.15, -0.1) is 0 Å². The number of benzene rings is 3. The number of fused-ring (bicyclic) bond motifs is 1. The molecule has 0 saturated heterocycles. The number of carbonyl (C=O) groups is 1. The molecule has 0 fully saturated rings. The second kappa shape index (κ2) is 8.50. The fourth-order valence-electron chi connectivity index (χ4n) is 3.25. The molecule has 26 heavy (non-hydrogen) atoms. The van der Waals surface area contributed by atoms with Crippen LogP contribution in [0.5, 0.6) is 5.75 Å². The lowest BCUT2D eigenvalue weighted by Crippen LogP contribution is -2.14. The predicted octanol–water partition coefficient (Wildman–Crippen LogP) is 4.52. The van der Waals surface area contributed by atoms with Crippen LogP contribution in [0.3, 0.4) is 0 Å². The predicted molar refractivity (Wildman–Crippen MR) is 101 cm³/mol. The molecule has 1 atom stereocenters. The summed E-state index contributed by atoms with van der Waals surface area (Å²) in [6.07, 6.45) is 0.206. The Labute approximate surface area is 153 Å². The first kappa shape index (κ1) is 18.0. The number of ether oxygens (including phenoxy) is 3. The first-order chi connectivity index (χ1) is 12.7. The van der Waals surface area contributed by atoms with Gasteiger partial charge in [-0.3, -0.25) is 4.79 Å². The van der Waals surface area contributed by atoms with Crippen LogP contribution in [0.15, 0.2) is 66.7 Å². The number of para-hydroxylation sites is 1. The molecule has 0 saturated carbocycles. The van der Waals surface area contributed by atoms with Gasteiger partial charge in [-0.1, -0.05) is 60.7 Å². The average molecular weight is 350 g/mol. The molecule has 0 amide bonds. The number of methoxy groups -OCH3 is 2. The maximum Gasteiger partial charge on any atom is 0.308 e. The standard InChI is InChI=1S/C22H22O4/c1-24-15-26-22(23)14-20(19-11-5-6-13-21(19)25-2)18-12-7-9-16-8-3-4-10-17(16)18/h3-13,20H,14-15H2,1-2H3. The Balaban J connectivity index is 2.09. The smallest absolute Gasteiger partial charge is 0.308 e. The summed E-state index contributed by atoms with van der Waals surface area (Å²) in [6, 6.07) is 22.1. The lowest BCUT2D eigenvalue weighted by molar-refractivity contribution is -0.154. The zero-order valence-corrected chi connectivity index (χ0v) is 15.0. The molecule has 4 heteroatoms. The summed E-state index contributed by atoms with van der Waals surface area (Å²) >= 11 is 0. The van der Waals surface area contributed by atoms with Crippen molar-refractivity contribution < 1.29 is 19.0 Å². The molecule has 4 nitrogen and oxygen atoms in total. The Bertz CT molecular complexity index is 883. The lowest BCUT2D eigenvalue weighted by atomic mass is 9.85. The van der Waals surface area contributed by atoms with Crippen LogP contribution in [0.25, 0.3) is 10.8 Å². The molecule has 1 unspecified atom stereocenters. The summed E-state index contributed by atoms with van der Waals surface area (Å²) in [6.45, 7) is -0.0486. The van der Waals surface area contributed by atoms with E-state index in [1.165, 1.54) is 7.11 Å². The van der Waals surface area contributed by atoms with Gasteiger partial charge in [-0.05, 0) is 22.4 Å². The molecule has 0 aliphatic heterocycles. The summed E-state index contributed by atoms with van der Waals surface area (Å²) in [4.78, 5) is 12.4. The Kier molecular flexibility index (Phi) is 5.87. The van der Waals surface area contributed by atoms with Gasteiger partial charge >= 0.3 is 5.97 Å². The van der Waals surface area contributed by atoms with E-state index in [1.54, 1.807) is 7.11 Å². The lowest BCUT2D eigenvalue weighted by Gasteiger charge is -2.21. The van der Waals surface area contributed by atoms with Crippen molar-refractivity contribution in [2.24, 2.45) is 0 Å². The number of carbonyl (C=O) groups excluding carboxylic acids is 1. The minimum absolute atomic E-state index is 0.0486. The van der Waals surface area contributed by atoms with Crippen molar-refractivity contribution in [3.63, 3.8) is 0 Å². The SMILES string of the molecule is COCOC(=O)CC(c1ccccc1OC)c1cccc2ccccc12. The van der Waals surface area contributed by atoms with Crippen molar-refractivity contribution in [2.75, 3.05) is 21.0 Å². The van der Waals surface area contributed by atoms with Gasteiger partial charge in [0.15, 0.2) is 6.79 Å². The fraction of sp³-hybridized carbons (Fsp3) is 0.227. The average Bonchev–Trinajstić information content (AvgIpc) is 2.70. The molecule has 3 rings (SSSR count). The third kappa shape index (κ3) is 3.86. The molecular weight excluding hydrogens is 328 g/mol. The Hall–Kier alpha value is -2.85. The maximum absolute atomic E-state index is 12.4. The summed E-state index contributed by atoms with van der Waals surface area (Å²) in [5, 5.41) is 2.25. The topological polar surface area (TPSA) is 44.8 Å². The van der Waals surface area contributed by atoms with Crippen molar-refractivity contribution in [2.45, 2.75) is 12.3 Å². The van der Waals surface area contributed by atoms with E-state index in [-0.39, 0.29) is 25.1 Å². The van der Waals surface area contributed by atoms with Crippen LogP contribution in [-0.2, 0) is 14.3 Å². The van der Waals surface area contributed by atoms with E-state index in [1.807, 2.05) is 42.5 Å². The highest BCUT2D eigenvalue weighted by Crippen LogP contribution is 2.37. The second-order valence-corrected chi connectivity index (χ2v) is 5.99. The monoisotopic (exact) mass is 350 g/mol. The molecule has 0 radical (unpaired) electrons. The largest absolute Gasteiger partial charge is 0.496 e. The molecule has 0 bridgehead atoms. The van der Waals surface area contributed by atoms with Gasteiger partial charge in [0.05, 0.1) is 13.5 Å². The Morgan fingerprint density at radius 3 is 2.38 bits per heavy atom. The number of hydrogen-bond acceptors (Lipinski definition) is 4. The van der Waals surface area contributed by atoms with E-state index in [0.29, 0.717) is 0 Å². The van der Waals surface area contributed by atoms with Crippen LogP contribution < -0.4 is 4.74 Å². The molecule has 0 N–H and O–H groups in total. The fourth-order valence-corrected chi connectivity index (χ4v) is 3.25. The molecule has 0 aliphatic carbocycles. The maximum atomic E-state index is 12.4. The summed E-state index contributed by atoms with van der Waals surface area (Å²) in [7, 11) is 3.14. The van der Waals surface area contributed by atoms with Crippen molar-refractivity contribution >= 4 is 16.7 Å². The molecule has 0 heterocycles. The van der Waals surface area contributed by atoms with Gasteiger partial charge in [0.25, 0.3) is 0 Å². The van der Waals surface area contributed by atoms with Gasteiger partial charge < -0.3 is 14.2 Å². The Morgan fingerprint density at radius 1 is 0.885 bits per heavy atom. The van der Waals surface area contributed by atoms with Crippen LogP contribution in [0.4, 0.5) is 0 Å². The molecule has 0 spiro atoms. The second-order valence-electron chi connectivity index (χ2n) is 5.99. The highest BCUT2D eigenvalue weighted by molar-refractivity contribution is 5.87. The number of esters is 1. The van der Waals surface area contributed by atoms with Gasteiger partial charge in [-0.2, -0.15) is 0 Å².